The van der Waals surface area contributed by atoms with Gasteiger partial charge in [0.1, 0.15) is 12.2 Å². The molecule has 0 saturated carbocycles. The average Bonchev–Trinajstić information content (AvgIpc) is 2.97. The summed E-state index contributed by atoms with van der Waals surface area (Å²) in [6.45, 7) is 5.63. The summed E-state index contributed by atoms with van der Waals surface area (Å²) < 4.78 is 25.5. The standard InChI is InChI=1S/C33H34O4/c1-2-31(34-23-27-15-7-3-8-16-27)32(35-24-28-17-9-4-10-18-28)33(36-25-29-19-11-5-12-20-29)37-26-30-21-13-6-14-22-30/h2-22,31-33H,1,23-26H2/t31-,32-/m1/s1/i1+1. The number of rotatable bonds is 15. The summed E-state index contributed by atoms with van der Waals surface area (Å²) >= 11 is 0. The van der Waals surface area contributed by atoms with Gasteiger partial charge in [0, 0.05) is 0 Å². The molecular formula is C33H34O4. The molecule has 0 unspecified atom stereocenters. The molecule has 4 nitrogen and oxygen atoms in total. The first kappa shape index (κ1) is 26.5. The molecule has 0 saturated heterocycles. The third-order valence-electron chi connectivity index (χ3n) is 5.91. The van der Waals surface area contributed by atoms with Gasteiger partial charge in [0.15, 0.2) is 6.29 Å². The summed E-state index contributed by atoms with van der Waals surface area (Å²) in [5, 5.41) is 0. The van der Waals surface area contributed by atoms with Gasteiger partial charge in [-0.2, -0.15) is 0 Å². The summed E-state index contributed by atoms with van der Waals surface area (Å²) in [6.07, 6.45) is 0.0702. The van der Waals surface area contributed by atoms with Crippen LogP contribution >= 0.6 is 0 Å². The van der Waals surface area contributed by atoms with Crippen LogP contribution in [0, 0.1) is 0 Å². The molecule has 0 fully saturated rings. The highest BCUT2D eigenvalue weighted by molar-refractivity contribution is 5.16. The van der Waals surface area contributed by atoms with Gasteiger partial charge in [-0.1, -0.05) is 127 Å². The van der Waals surface area contributed by atoms with E-state index in [9.17, 15) is 0 Å². The predicted molar refractivity (Wildman–Crippen MR) is 146 cm³/mol. The Balaban J connectivity index is 1.54. The normalized spacial score (nSPS) is 12.8. The fourth-order valence-electron chi connectivity index (χ4n) is 3.90. The Labute approximate surface area is 220 Å². The van der Waals surface area contributed by atoms with Crippen molar-refractivity contribution >= 4 is 0 Å². The van der Waals surface area contributed by atoms with E-state index in [-0.39, 0.29) is 0 Å². The van der Waals surface area contributed by atoms with Crippen molar-refractivity contribution in [1.29, 1.82) is 0 Å². The van der Waals surface area contributed by atoms with Crippen molar-refractivity contribution in [2.45, 2.75) is 44.9 Å². The molecule has 2 atom stereocenters. The second kappa shape index (κ2) is 14.9. The highest BCUT2D eigenvalue weighted by atomic mass is 16.7. The van der Waals surface area contributed by atoms with Crippen molar-refractivity contribution in [1.82, 2.24) is 0 Å². The number of hydrogen-bond donors (Lipinski definition) is 0. The van der Waals surface area contributed by atoms with E-state index in [4.69, 9.17) is 18.9 Å². The average molecular weight is 496 g/mol. The number of benzene rings is 4. The molecule has 0 bridgehead atoms. The lowest BCUT2D eigenvalue weighted by Gasteiger charge is -2.32. The predicted octanol–water partition coefficient (Wildman–Crippen LogP) is 7.10. The maximum Gasteiger partial charge on any atom is 0.187 e. The summed E-state index contributed by atoms with van der Waals surface area (Å²) in [5.74, 6) is 0. The Morgan fingerprint density at radius 2 is 0.784 bits per heavy atom. The van der Waals surface area contributed by atoms with Gasteiger partial charge in [-0.05, 0) is 22.3 Å². The Morgan fingerprint density at radius 1 is 0.459 bits per heavy atom. The van der Waals surface area contributed by atoms with E-state index < -0.39 is 18.5 Å². The van der Waals surface area contributed by atoms with Crippen LogP contribution in [-0.4, -0.2) is 18.5 Å². The fraction of sp³-hybridized carbons (Fsp3) is 0.212. The first-order valence-corrected chi connectivity index (χ1v) is 12.6. The second-order valence-electron chi connectivity index (χ2n) is 8.72. The summed E-state index contributed by atoms with van der Waals surface area (Å²) in [4.78, 5) is 0. The molecule has 0 aliphatic heterocycles. The zero-order chi connectivity index (χ0) is 25.5. The van der Waals surface area contributed by atoms with E-state index in [1.807, 2.05) is 121 Å². The van der Waals surface area contributed by atoms with E-state index >= 15 is 0 Å². The molecule has 0 N–H and O–H groups in total. The molecule has 0 radical (unpaired) electrons. The Morgan fingerprint density at radius 3 is 1.14 bits per heavy atom. The third kappa shape index (κ3) is 8.81. The highest BCUT2D eigenvalue weighted by Crippen LogP contribution is 2.21. The first-order valence-electron chi connectivity index (χ1n) is 12.6. The van der Waals surface area contributed by atoms with Crippen molar-refractivity contribution < 1.29 is 18.9 Å². The number of hydrogen-bond acceptors (Lipinski definition) is 4. The van der Waals surface area contributed by atoms with Gasteiger partial charge in [-0.15, -0.1) is 6.58 Å². The van der Waals surface area contributed by atoms with E-state index in [0.717, 1.165) is 22.3 Å². The van der Waals surface area contributed by atoms with Crippen molar-refractivity contribution in [3.63, 3.8) is 0 Å². The Kier molecular flexibility index (Phi) is 10.7. The van der Waals surface area contributed by atoms with Gasteiger partial charge in [0.25, 0.3) is 0 Å². The van der Waals surface area contributed by atoms with Crippen LogP contribution in [0.5, 0.6) is 0 Å². The topological polar surface area (TPSA) is 36.9 Å². The fourth-order valence-corrected chi connectivity index (χ4v) is 3.90. The van der Waals surface area contributed by atoms with E-state index in [1.54, 1.807) is 6.08 Å². The van der Waals surface area contributed by atoms with Gasteiger partial charge in [0.2, 0.25) is 0 Å². The van der Waals surface area contributed by atoms with Gasteiger partial charge in [-0.25, -0.2) is 0 Å². The SMILES string of the molecule is [13CH2]=C[C@@H](OCc1ccccc1)[C@@H](OCc1ccccc1)C(OCc1ccccc1)OCc1ccccc1. The monoisotopic (exact) mass is 495 g/mol. The minimum atomic E-state index is -0.692. The molecule has 0 aromatic heterocycles. The van der Waals surface area contributed by atoms with Crippen LogP contribution in [0.15, 0.2) is 134 Å². The lowest BCUT2D eigenvalue weighted by Crippen LogP contribution is -2.43. The lowest BCUT2D eigenvalue weighted by molar-refractivity contribution is -0.242. The van der Waals surface area contributed by atoms with Gasteiger partial charge in [-0.3, -0.25) is 0 Å². The molecule has 0 amide bonds. The molecule has 0 spiro atoms. The summed E-state index contributed by atoms with van der Waals surface area (Å²) in [6, 6.07) is 40.2. The summed E-state index contributed by atoms with van der Waals surface area (Å²) in [7, 11) is 0. The number of ether oxygens (including phenoxy) is 4. The van der Waals surface area contributed by atoms with Crippen LogP contribution in [0.25, 0.3) is 0 Å². The molecule has 4 rings (SSSR count). The third-order valence-corrected chi connectivity index (χ3v) is 5.91. The van der Waals surface area contributed by atoms with Crippen molar-refractivity contribution in [2.24, 2.45) is 0 Å². The second-order valence-corrected chi connectivity index (χ2v) is 8.72. The minimum Gasteiger partial charge on any atom is -0.367 e. The largest absolute Gasteiger partial charge is 0.367 e. The maximum absolute atomic E-state index is 6.46. The molecule has 190 valence electrons. The summed E-state index contributed by atoms with van der Waals surface area (Å²) in [5.41, 5.74) is 4.24. The van der Waals surface area contributed by atoms with Crippen LogP contribution in [0.3, 0.4) is 0 Å². The van der Waals surface area contributed by atoms with E-state index in [2.05, 4.69) is 6.58 Å². The Bertz CT molecular complexity index is 1110. The molecule has 0 heterocycles. The highest BCUT2D eigenvalue weighted by Gasteiger charge is 2.32. The van der Waals surface area contributed by atoms with Gasteiger partial charge in [0.05, 0.1) is 26.4 Å². The van der Waals surface area contributed by atoms with Crippen LogP contribution in [0.2, 0.25) is 0 Å². The quantitative estimate of drug-likeness (QED) is 0.100. The first-order chi connectivity index (χ1) is 18.3. The zero-order valence-corrected chi connectivity index (χ0v) is 21.0. The molecular weight excluding hydrogens is 461 g/mol. The van der Waals surface area contributed by atoms with Crippen molar-refractivity contribution in [3.05, 3.63) is 156 Å². The molecule has 4 aromatic rings. The van der Waals surface area contributed by atoms with E-state index in [1.165, 1.54) is 0 Å². The maximum atomic E-state index is 6.46. The zero-order valence-electron chi connectivity index (χ0n) is 21.0. The van der Waals surface area contributed by atoms with Crippen LogP contribution in [-0.2, 0) is 45.4 Å². The van der Waals surface area contributed by atoms with Gasteiger partial charge < -0.3 is 18.9 Å². The smallest absolute Gasteiger partial charge is 0.187 e. The van der Waals surface area contributed by atoms with Crippen LogP contribution < -0.4 is 0 Å². The molecule has 0 aliphatic rings. The molecule has 4 aromatic carbocycles. The molecule has 4 heteroatoms. The molecule has 37 heavy (non-hydrogen) atoms. The van der Waals surface area contributed by atoms with Crippen molar-refractivity contribution in [2.75, 3.05) is 0 Å². The van der Waals surface area contributed by atoms with Gasteiger partial charge >= 0.3 is 0 Å². The Hall–Kier alpha value is -3.54. The van der Waals surface area contributed by atoms with Crippen LogP contribution in [0.4, 0.5) is 0 Å². The van der Waals surface area contributed by atoms with E-state index in [0.29, 0.717) is 26.4 Å². The molecule has 0 aliphatic carbocycles. The lowest BCUT2D eigenvalue weighted by atomic mass is 10.1. The van der Waals surface area contributed by atoms with Crippen LogP contribution in [0.1, 0.15) is 22.3 Å². The minimum absolute atomic E-state index is 0.383. The van der Waals surface area contributed by atoms with Crippen molar-refractivity contribution in [3.8, 4) is 0 Å².